The summed E-state index contributed by atoms with van der Waals surface area (Å²) in [5.74, 6) is 0.311. The molecule has 1 aliphatic heterocycles. The van der Waals surface area contributed by atoms with Gasteiger partial charge in [-0.05, 0) is 51.5 Å². The number of amides is 2. The zero-order chi connectivity index (χ0) is 21.3. The fraction of sp³-hybridized carbons (Fsp3) is 0.652. The van der Waals surface area contributed by atoms with Crippen LogP contribution in [0.3, 0.4) is 0 Å². The van der Waals surface area contributed by atoms with Crippen molar-refractivity contribution in [3.63, 3.8) is 0 Å². The van der Waals surface area contributed by atoms with Gasteiger partial charge >= 0.3 is 0 Å². The van der Waals surface area contributed by atoms with E-state index < -0.39 is 0 Å². The second-order valence-electron chi connectivity index (χ2n) is 8.75. The lowest BCUT2D eigenvalue weighted by molar-refractivity contribution is -0.131. The minimum Gasteiger partial charge on any atom is -0.353 e. The molecule has 4 rings (SSSR count). The van der Waals surface area contributed by atoms with E-state index in [1.165, 1.54) is 12.8 Å². The van der Waals surface area contributed by atoms with Gasteiger partial charge in [-0.2, -0.15) is 5.10 Å². The Hall–Kier alpha value is -2.44. The summed E-state index contributed by atoms with van der Waals surface area (Å²) < 4.78 is 1.89. The largest absolute Gasteiger partial charge is 0.353 e. The SMILES string of the molecule is CCC(=O)N1CCC[C@@H]1c1cc2nc(C)c(CCC(=O)NC3CCCC3)c(C)n2n1. The number of rotatable bonds is 6. The highest BCUT2D eigenvalue weighted by molar-refractivity contribution is 5.77. The van der Waals surface area contributed by atoms with Gasteiger partial charge in [0, 0.05) is 42.9 Å². The van der Waals surface area contributed by atoms with Crippen LogP contribution in [0.1, 0.15) is 87.0 Å². The minimum absolute atomic E-state index is 0.0412. The van der Waals surface area contributed by atoms with Crippen LogP contribution in [0.2, 0.25) is 0 Å². The molecule has 1 saturated carbocycles. The number of nitrogens with one attached hydrogen (secondary N) is 1. The molecule has 30 heavy (non-hydrogen) atoms. The first kappa shape index (κ1) is 20.8. The molecule has 0 aromatic carbocycles. The van der Waals surface area contributed by atoms with E-state index in [1.807, 2.05) is 36.3 Å². The molecule has 7 nitrogen and oxygen atoms in total. The first-order chi connectivity index (χ1) is 14.5. The van der Waals surface area contributed by atoms with Crippen molar-refractivity contribution < 1.29 is 9.59 Å². The topological polar surface area (TPSA) is 79.6 Å². The van der Waals surface area contributed by atoms with Crippen molar-refractivity contribution >= 4 is 17.5 Å². The second-order valence-corrected chi connectivity index (χ2v) is 8.75. The molecule has 0 bridgehead atoms. The van der Waals surface area contributed by atoms with Crippen molar-refractivity contribution in [3.05, 3.63) is 28.7 Å². The Balaban J connectivity index is 1.52. The number of fused-ring (bicyclic) bond motifs is 1. The summed E-state index contributed by atoms with van der Waals surface area (Å²) in [5, 5.41) is 8.00. The Bertz CT molecular complexity index is 945. The highest BCUT2D eigenvalue weighted by Gasteiger charge is 2.31. The van der Waals surface area contributed by atoms with Gasteiger partial charge in [0.25, 0.3) is 0 Å². The van der Waals surface area contributed by atoms with Gasteiger partial charge in [0.2, 0.25) is 11.8 Å². The number of aryl methyl sites for hydroxylation is 2. The number of likely N-dealkylation sites (tertiary alicyclic amines) is 1. The smallest absolute Gasteiger partial charge is 0.222 e. The monoisotopic (exact) mass is 411 g/mol. The van der Waals surface area contributed by atoms with Crippen molar-refractivity contribution in [3.8, 4) is 0 Å². The molecule has 1 N–H and O–H groups in total. The average Bonchev–Trinajstić information content (AvgIpc) is 3.47. The van der Waals surface area contributed by atoms with Crippen molar-refractivity contribution in [2.24, 2.45) is 0 Å². The minimum atomic E-state index is 0.0412. The first-order valence-electron chi connectivity index (χ1n) is 11.4. The molecule has 3 heterocycles. The number of carbonyl (C=O) groups excluding carboxylic acids is 2. The molecule has 0 spiro atoms. The lowest BCUT2D eigenvalue weighted by atomic mass is 10.1. The summed E-state index contributed by atoms with van der Waals surface area (Å²) >= 11 is 0. The van der Waals surface area contributed by atoms with Crippen LogP contribution in [0.4, 0.5) is 0 Å². The van der Waals surface area contributed by atoms with Crippen LogP contribution in [0.25, 0.3) is 5.65 Å². The molecule has 2 aromatic heterocycles. The Kier molecular flexibility index (Phi) is 6.06. The fourth-order valence-electron chi connectivity index (χ4n) is 5.05. The number of hydrogen-bond acceptors (Lipinski definition) is 4. The van der Waals surface area contributed by atoms with Crippen molar-refractivity contribution in [2.75, 3.05) is 6.54 Å². The Morgan fingerprint density at radius 1 is 1.17 bits per heavy atom. The molecule has 7 heteroatoms. The van der Waals surface area contributed by atoms with Gasteiger partial charge in [-0.25, -0.2) is 9.50 Å². The van der Waals surface area contributed by atoms with E-state index in [1.54, 1.807) is 0 Å². The van der Waals surface area contributed by atoms with E-state index >= 15 is 0 Å². The molecule has 2 fully saturated rings. The molecule has 1 aliphatic carbocycles. The molecule has 0 radical (unpaired) electrons. The van der Waals surface area contributed by atoms with Crippen LogP contribution in [-0.4, -0.2) is 43.9 Å². The van der Waals surface area contributed by atoms with Crippen LogP contribution in [-0.2, 0) is 16.0 Å². The molecule has 1 atom stereocenters. The van der Waals surface area contributed by atoms with Crippen LogP contribution in [0.5, 0.6) is 0 Å². The molecule has 2 aliphatic rings. The van der Waals surface area contributed by atoms with Crippen molar-refractivity contribution in [1.29, 1.82) is 0 Å². The zero-order valence-electron chi connectivity index (χ0n) is 18.4. The third kappa shape index (κ3) is 4.07. The van der Waals surface area contributed by atoms with E-state index in [9.17, 15) is 9.59 Å². The standard InChI is InChI=1S/C23H33N5O2/c1-4-23(30)27-13-7-10-20(27)19-14-21-24-15(2)18(16(3)28(21)26-19)11-12-22(29)25-17-8-5-6-9-17/h14,17,20H,4-13H2,1-3H3,(H,25,29)/t20-/m1/s1. The van der Waals surface area contributed by atoms with Crippen LogP contribution in [0.15, 0.2) is 6.07 Å². The summed E-state index contributed by atoms with van der Waals surface area (Å²) in [6.07, 6.45) is 8.25. The van der Waals surface area contributed by atoms with Crippen molar-refractivity contribution in [1.82, 2.24) is 24.8 Å². The van der Waals surface area contributed by atoms with E-state index in [0.29, 0.717) is 25.3 Å². The molecule has 2 amide bonds. The molecular weight excluding hydrogens is 378 g/mol. The number of aromatic nitrogens is 3. The molecule has 162 valence electrons. The lowest BCUT2D eigenvalue weighted by Crippen LogP contribution is -2.32. The lowest BCUT2D eigenvalue weighted by Gasteiger charge is -2.22. The van der Waals surface area contributed by atoms with Crippen molar-refractivity contribution in [2.45, 2.75) is 90.6 Å². The van der Waals surface area contributed by atoms with Gasteiger partial charge < -0.3 is 10.2 Å². The van der Waals surface area contributed by atoms with Gasteiger partial charge in [-0.15, -0.1) is 0 Å². The summed E-state index contributed by atoms with van der Waals surface area (Å²) in [6.45, 7) is 6.77. The fourth-order valence-corrected chi connectivity index (χ4v) is 5.05. The summed E-state index contributed by atoms with van der Waals surface area (Å²) in [5.41, 5.74) is 4.80. The van der Waals surface area contributed by atoms with Crippen LogP contribution >= 0.6 is 0 Å². The van der Waals surface area contributed by atoms with Gasteiger partial charge in [0.05, 0.1) is 11.7 Å². The Morgan fingerprint density at radius 2 is 1.93 bits per heavy atom. The maximum Gasteiger partial charge on any atom is 0.222 e. The average molecular weight is 412 g/mol. The highest BCUT2D eigenvalue weighted by atomic mass is 16.2. The Labute approximate surface area is 178 Å². The summed E-state index contributed by atoms with van der Waals surface area (Å²) in [6, 6.07) is 2.41. The number of nitrogens with zero attached hydrogens (tertiary/aromatic N) is 4. The van der Waals surface area contributed by atoms with Gasteiger partial charge in [0.15, 0.2) is 5.65 Å². The predicted octanol–water partition coefficient (Wildman–Crippen LogP) is 3.41. The zero-order valence-corrected chi connectivity index (χ0v) is 18.4. The maximum absolute atomic E-state index is 12.4. The highest BCUT2D eigenvalue weighted by Crippen LogP contribution is 2.32. The quantitative estimate of drug-likeness (QED) is 0.790. The number of hydrogen-bond donors (Lipinski definition) is 1. The van der Waals surface area contributed by atoms with E-state index in [2.05, 4.69) is 5.32 Å². The van der Waals surface area contributed by atoms with Gasteiger partial charge in [-0.3, -0.25) is 9.59 Å². The van der Waals surface area contributed by atoms with Gasteiger partial charge in [-0.1, -0.05) is 19.8 Å². The van der Waals surface area contributed by atoms with Gasteiger partial charge in [0.1, 0.15) is 0 Å². The Morgan fingerprint density at radius 3 is 2.67 bits per heavy atom. The van der Waals surface area contributed by atoms with E-state index in [-0.39, 0.29) is 17.9 Å². The third-order valence-electron chi connectivity index (χ3n) is 6.72. The summed E-state index contributed by atoms with van der Waals surface area (Å²) in [7, 11) is 0. The normalized spacial score (nSPS) is 19.7. The second kappa shape index (κ2) is 8.74. The predicted molar refractivity (Wildman–Crippen MR) is 115 cm³/mol. The van der Waals surface area contributed by atoms with E-state index in [0.717, 1.165) is 60.5 Å². The summed E-state index contributed by atoms with van der Waals surface area (Å²) in [4.78, 5) is 31.4. The first-order valence-corrected chi connectivity index (χ1v) is 11.4. The van der Waals surface area contributed by atoms with E-state index in [4.69, 9.17) is 10.1 Å². The molecule has 1 saturated heterocycles. The molecular formula is C23H33N5O2. The third-order valence-corrected chi connectivity index (χ3v) is 6.72. The molecule has 2 aromatic rings. The maximum atomic E-state index is 12.4. The number of carbonyl (C=O) groups is 2. The molecule has 0 unspecified atom stereocenters. The van der Waals surface area contributed by atoms with Crippen LogP contribution in [0, 0.1) is 13.8 Å². The van der Waals surface area contributed by atoms with Crippen LogP contribution < -0.4 is 5.32 Å².